The van der Waals surface area contributed by atoms with E-state index in [1.807, 2.05) is 0 Å². The van der Waals surface area contributed by atoms with Gasteiger partial charge in [0.1, 0.15) is 17.0 Å². The summed E-state index contributed by atoms with van der Waals surface area (Å²) in [4.78, 5) is 25.0. The summed E-state index contributed by atoms with van der Waals surface area (Å²) in [6.45, 7) is 1.01. The van der Waals surface area contributed by atoms with E-state index < -0.39 is 29.1 Å². The molecule has 1 aliphatic heterocycles. The number of carbonyl (C=O) groups excluding carboxylic acids is 1. The number of imidazole rings is 1. The smallest absolute Gasteiger partial charge is 0.337 e. The molecule has 12 heteroatoms. The second kappa shape index (κ2) is 9.82. The van der Waals surface area contributed by atoms with Crippen LogP contribution in [0.15, 0.2) is 42.6 Å². The summed E-state index contributed by atoms with van der Waals surface area (Å²) in [5, 5.41) is 5.75. The van der Waals surface area contributed by atoms with E-state index in [-0.39, 0.29) is 17.9 Å². The molecule has 2 aromatic heterocycles. The molecule has 3 heterocycles. The topological polar surface area (TPSA) is 103 Å². The molecule has 0 unspecified atom stereocenters. The number of fused-ring (bicyclic) bond motifs is 1. The second-order valence-electron chi connectivity index (χ2n) is 8.11. The van der Waals surface area contributed by atoms with Crippen molar-refractivity contribution in [1.82, 2.24) is 19.5 Å². The van der Waals surface area contributed by atoms with Crippen molar-refractivity contribution in [3.63, 3.8) is 0 Å². The maximum atomic E-state index is 14.4. The first-order valence-electron chi connectivity index (χ1n) is 11.1. The fraction of sp³-hybridized carbons (Fsp3) is 0.250. The molecular weight excluding hydrogens is 477 g/mol. The zero-order valence-corrected chi connectivity index (χ0v) is 19.1. The highest BCUT2D eigenvalue weighted by Gasteiger charge is 2.25. The summed E-state index contributed by atoms with van der Waals surface area (Å²) in [5.41, 5.74) is 1.35. The van der Waals surface area contributed by atoms with Gasteiger partial charge in [-0.3, -0.25) is 4.57 Å². The van der Waals surface area contributed by atoms with E-state index in [1.165, 1.54) is 13.3 Å². The van der Waals surface area contributed by atoms with Crippen LogP contribution in [0.5, 0.6) is 0 Å². The van der Waals surface area contributed by atoms with Crippen LogP contribution < -0.4 is 10.6 Å². The summed E-state index contributed by atoms with van der Waals surface area (Å²) < 4.78 is 54.1. The van der Waals surface area contributed by atoms with Crippen LogP contribution in [0, 0.1) is 17.5 Å². The number of methoxy groups -OCH3 is 1. The van der Waals surface area contributed by atoms with Crippen molar-refractivity contribution in [2.75, 3.05) is 31.0 Å². The van der Waals surface area contributed by atoms with Gasteiger partial charge in [0, 0.05) is 37.1 Å². The number of hydrogen-bond acceptors (Lipinski definition) is 8. The molecular formula is C24H21F3N6O3. The van der Waals surface area contributed by atoms with Crippen LogP contribution in [0.2, 0.25) is 0 Å². The third kappa shape index (κ3) is 4.67. The number of nitrogens with zero attached hydrogens (tertiary/aromatic N) is 4. The highest BCUT2D eigenvalue weighted by atomic mass is 19.1. The van der Waals surface area contributed by atoms with Gasteiger partial charge < -0.3 is 20.1 Å². The van der Waals surface area contributed by atoms with Crippen LogP contribution in [-0.4, -0.2) is 45.8 Å². The van der Waals surface area contributed by atoms with Crippen LogP contribution in [0.25, 0.3) is 11.2 Å². The van der Waals surface area contributed by atoms with Crippen LogP contribution in [-0.2, 0) is 9.47 Å². The van der Waals surface area contributed by atoms with Gasteiger partial charge in [-0.15, -0.1) is 0 Å². The van der Waals surface area contributed by atoms with Gasteiger partial charge in [0.25, 0.3) is 0 Å². The molecule has 0 bridgehead atoms. The van der Waals surface area contributed by atoms with Crippen LogP contribution in [0.4, 0.5) is 36.4 Å². The van der Waals surface area contributed by atoms with Crippen LogP contribution in [0.1, 0.15) is 29.2 Å². The number of anilines is 4. The van der Waals surface area contributed by atoms with Crippen molar-refractivity contribution in [2.45, 2.75) is 18.9 Å². The zero-order chi connectivity index (χ0) is 25.2. The Labute approximate surface area is 203 Å². The molecule has 186 valence electrons. The van der Waals surface area contributed by atoms with Crippen LogP contribution in [0.3, 0.4) is 0 Å². The Balaban J connectivity index is 1.52. The number of esters is 1. The first-order valence-corrected chi connectivity index (χ1v) is 11.1. The SMILES string of the molecule is COC(=O)c1ccc(Nc2ncc3nc(Nc4c(F)cc(F)cc4F)n(C4CCOCC4)c3n2)cc1. The average molecular weight is 498 g/mol. The van der Waals surface area contributed by atoms with Gasteiger partial charge in [-0.05, 0) is 37.1 Å². The molecule has 2 N–H and O–H groups in total. The molecule has 9 nitrogen and oxygen atoms in total. The van der Waals surface area contributed by atoms with Gasteiger partial charge in [-0.25, -0.2) is 27.9 Å². The van der Waals surface area contributed by atoms with Crippen molar-refractivity contribution in [1.29, 1.82) is 0 Å². The largest absolute Gasteiger partial charge is 0.465 e. The molecule has 0 atom stereocenters. The van der Waals surface area contributed by atoms with Crippen molar-refractivity contribution >= 4 is 40.4 Å². The molecule has 2 aromatic carbocycles. The first kappa shape index (κ1) is 23.5. The summed E-state index contributed by atoms with van der Waals surface area (Å²) in [5.74, 6) is -3.23. The monoisotopic (exact) mass is 498 g/mol. The second-order valence-corrected chi connectivity index (χ2v) is 8.11. The Morgan fingerprint density at radius 3 is 2.42 bits per heavy atom. The summed E-state index contributed by atoms with van der Waals surface area (Å²) in [6.07, 6.45) is 2.76. The third-order valence-electron chi connectivity index (χ3n) is 5.79. The third-order valence-corrected chi connectivity index (χ3v) is 5.79. The minimum atomic E-state index is -1.08. The number of aromatic nitrogens is 4. The predicted octanol–water partition coefficient (Wildman–Crippen LogP) is 4.87. The molecule has 4 aromatic rings. The molecule has 0 saturated carbocycles. The van der Waals surface area contributed by atoms with E-state index >= 15 is 0 Å². The van der Waals surface area contributed by atoms with Crippen LogP contribution >= 0.6 is 0 Å². The normalized spacial score (nSPS) is 14.1. The van der Waals surface area contributed by atoms with E-state index in [0.717, 1.165) is 0 Å². The number of benzene rings is 2. The number of rotatable bonds is 6. The van der Waals surface area contributed by atoms with Crippen molar-refractivity contribution in [3.8, 4) is 0 Å². The van der Waals surface area contributed by atoms with Crippen molar-refractivity contribution < 1.29 is 27.4 Å². The average Bonchev–Trinajstić information content (AvgIpc) is 3.24. The molecule has 0 amide bonds. The van der Waals surface area contributed by atoms with Gasteiger partial charge in [0.05, 0.1) is 18.9 Å². The maximum Gasteiger partial charge on any atom is 0.337 e. The van der Waals surface area contributed by atoms with Crippen molar-refractivity contribution in [2.24, 2.45) is 0 Å². The molecule has 1 aliphatic rings. The zero-order valence-electron chi connectivity index (χ0n) is 19.1. The minimum Gasteiger partial charge on any atom is -0.465 e. The number of halogens is 3. The maximum absolute atomic E-state index is 14.4. The number of hydrogen-bond donors (Lipinski definition) is 2. The molecule has 1 saturated heterocycles. The summed E-state index contributed by atoms with van der Waals surface area (Å²) in [7, 11) is 1.31. The lowest BCUT2D eigenvalue weighted by Gasteiger charge is -2.25. The summed E-state index contributed by atoms with van der Waals surface area (Å²) >= 11 is 0. The molecule has 1 fully saturated rings. The Hall–Kier alpha value is -4.19. The lowest BCUT2D eigenvalue weighted by atomic mass is 10.1. The Kier molecular flexibility index (Phi) is 6.42. The Bertz CT molecular complexity index is 1400. The van der Waals surface area contributed by atoms with Gasteiger partial charge in [-0.1, -0.05) is 0 Å². The predicted molar refractivity (Wildman–Crippen MR) is 125 cm³/mol. The number of ether oxygens (including phenoxy) is 2. The highest BCUT2D eigenvalue weighted by molar-refractivity contribution is 5.89. The van der Waals surface area contributed by atoms with Gasteiger partial charge in [0.2, 0.25) is 11.9 Å². The summed E-state index contributed by atoms with van der Waals surface area (Å²) in [6, 6.07) is 7.66. The van der Waals surface area contributed by atoms with E-state index in [2.05, 4.69) is 25.6 Å². The molecule has 5 rings (SSSR count). The lowest BCUT2D eigenvalue weighted by molar-refractivity contribution is 0.0600. The van der Waals surface area contributed by atoms with Crippen molar-refractivity contribution in [3.05, 3.63) is 65.6 Å². The fourth-order valence-electron chi connectivity index (χ4n) is 4.04. The van der Waals surface area contributed by atoms with Gasteiger partial charge in [0.15, 0.2) is 17.3 Å². The molecule has 0 aliphatic carbocycles. The van der Waals surface area contributed by atoms with E-state index in [0.29, 0.717) is 60.6 Å². The Morgan fingerprint density at radius 1 is 1.06 bits per heavy atom. The number of carbonyl (C=O) groups is 1. The van der Waals surface area contributed by atoms with Gasteiger partial charge in [-0.2, -0.15) is 4.98 Å². The number of nitrogens with one attached hydrogen (secondary N) is 2. The lowest BCUT2D eigenvalue weighted by Crippen LogP contribution is -2.21. The quantitative estimate of drug-likeness (QED) is 0.363. The molecule has 0 spiro atoms. The minimum absolute atomic E-state index is 0.111. The van der Waals surface area contributed by atoms with E-state index in [1.54, 1.807) is 28.8 Å². The van der Waals surface area contributed by atoms with E-state index in [9.17, 15) is 18.0 Å². The Morgan fingerprint density at radius 2 is 1.75 bits per heavy atom. The standard InChI is InChI=1S/C24H21F3N6O3/c1-35-22(34)13-2-4-15(5-3-13)29-23-28-12-19-21(32-23)33(16-6-8-36-9-7-16)24(30-19)31-20-17(26)10-14(25)11-18(20)27/h2-5,10-12,16H,6-9H2,1H3,(H,30,31)(H,28,29,32). The van der Waals surface area contributed by atoms with Gasteiger partial charge >= 0.3 is 5.97 Å². The van der Waals surface area contributed by atoms with E-state index in [4.69, 9.17) is 9.47 Å². The molecule has 0 radical (unpaired) electrons. The highest BCUT2D eigenvalue weighted by Crippen LogP contribution is 2.33. The fourth-order valence-corrected chi connectivity index (χ4v) is 4.04. The first-order chi connectivity index (χ1) is 17.4. The molecule has 36 heavy (non-hydrogen) atoms.